The number of likely N-dealkylation sites (N-methyl/N-ethyl adjacent to an activating group) is 1. The zero-order chi connectivity index (χ0) is 13.1. The molecule has 0 aromatic carbocycles. The zero-order valence-electron chi connectivity index (χ0n) is 9.38. The van der Waals surface area contributed by atoms with Crippen LogP contribution in [-0.4, -0.2) is 67.6 Å². The van der Waals surface area contributed by atoms with Gasteiger partial charge in [0.05, 0.1) is 19.6 Å². The molecule has 1 aliphatic heterocycles. The predicted octanol–water partition coefficient (Wildman–Crippen LogP) is -0.561. The average molecular weight is 253 g/mol. The molecule has 0 aromatic rings. The normalized spacial score (nSPS) is 17.5. The molecule has 0 aliphatic carbocycles. The van der Waals surface area contributed by atoms with Crippen molar-refractivity contribution in [3.05, 3.63) is 0 Å². The Morgan fingerprint density at radius 3 is 2.59 bits per heavy atom. The number of carbonyl (C=O) groups is 2. The second-order valence-corrected chi connectivity index (χ2v) is 3.85. The van der Waals surface area contributed by atoms with Crippen molar-refractivity contribution in [3.8, 4) is 0 Å². The molecule has 1 fully saturated rings. The van der Waals surface area contributed by atoms with E-state index in [1.165, 1.54) is 9.80 Å². The van der Waals surface area contributed by atoms with Crippen LogP contribution in [0, 0.1) is 0 Å². The van der Waals surface area contributed by atoms with Crippen LogP contribution in [0.3, 0.4) is 0 Å². The van der Waals surface area contributed by atoms with E-state index in [9.17, 15) is 22.8 Å². The molecule has 0 aromatic heterocycles. The van der Waals surface area contributed by atoms with Crippen molar-refractivity contribution in [2.24, 2.45) is 0 Å². The lowest BCUT2D eigenvalue weighted by atomic mass is 10.3. The van der Waals surface area contributed by atoms with Crippen LogP contribution >= 0.6 is 0 Å². The van der Waals surface area contributed by atoms with Crippen LogP contribution < -0.4 is 5.32 Å². The maximum Gasteiger partial charge on any atom is 0.401 e. The average Bonchev–Trinajstić information content (AvgIpc) is 2.20. The van der Waals surface area contributed by atoms with E-state index in [0.717, 1.165) is 0 Å². The lowest BCUT2D eigenvalue weighted by Crippen LogP contribution is -2.52. The summed E-state index contributed by atoms with van der Waals surface area (Å²) in [5, 5.41) is 2.01. The van der Waals surface area contributed by atoms with Crippen molar-refractivity contribution in [1.29, 1.82) is 0 Å². The van der Waals surface area contributed by atoms with E-state index in [2.05, 4.69) is 0 Å². The first-order valence-corrected chi connectivity index (χ1v) is 5.09. The van der Waals surface area contributed by atoms with E-state index in [1.807, 2.05) is 5.32 Å². The van der Waals surface area contributed by atoms with Crippen LogP contribution in [0.15, 0.2) is 0 Å². The predicted molar refractivity (Wildman–Crippen MR) is 53.1 cm³/mol. The summed E-state index contributed by atoms with van der Waals surface area (Å²) in [6.07, 6.45) is -4.34. The number of carbonyl (C=O) groups excluding carboxylic acids is 2. The number of hydrogen-bond donors (Lipinski definition) is 1. The van der Waals surface area contributed by atoms with Gasteiger partial charge in [0.1, 0.15) is 0 Å². The van der Waals surface area contributed by atoms with Crippen LogP contribution in [0.5, 0.6) is 0 Å². The number of hydrogen-bond acceptors (Lipinski definition) is 3. The van der Waals surface area contributed by atoms with Gasteiger partial charge in [-0.3, -0.25) is 9.59 Å². The smallest absolute Gasteiger partial charge is 0.342 e. The summed E-state index contributed by atoms with van der Waals surface area (Å²) in [4.78, 5) is 25.5. The summed E-state index contributed by atoms with van der Waals surface area (Å²) in [5.74, 6) is -0.698. The van der Waals surface area contributed by atoms with Crippen molar-refractivity contribution in [2.75, 3.05) is 39.8 Å². The summed E-state index contributed by atoms with van der Waals surface area (Å²) in [5.41, 5.74) is 0. The van der Waals surface area contributed by atoms with E-state index in [4.69, 9.17) is 0 Å². The van der Waals surface area contributed by atoms with Crippen LogP contribution in [0.4, 0.5) is 13.2 Å². The largest absolute Gasteiger partial charge is 0.401 e. The Kier molecular flexibility index (Phi) is 4.33. The van der Waals surface area contributed by atoms with Crippen LogP contribution in [0.25, 0.3) is 0 Å². The number of rotatable bonds is 3. The van der Waals surface area contributed by atoms with E-state index in [0.29, 0.717) is 13.1 Å². The SMILES string of the molecule is CN1CCN(C(=O)CNCC(F)(F)F)CC1=O. The molecular formula is C9H14F3N3O2. The first-order chi connectivity index (χ1) is 7.79. The van der Waals surface area contributed by atoms with Gasteiger partial charge >= 0.3 is 6.18 Å². The molecule has 17 heavy (non-hydrogen) atoms. The fourth-order valence-corrected chi connectivity index (χ4v) is 1.39. The number of nitrogens with one attached hydrogen (secondary N) is 1. The van der Waals surface area contributed by atoms with Gasteiger partial charge in [0.2, 0.25) is 11.8 Å². The standard InChI is InChI=1S/C9H14F3N3O2/c1-14-2-3-15(5-8(14)17)7(16)4-13-6-9(10,11)12/h13H,2-6H2,1H3. The van der Waals surface area contributed by atoms with Crippen LogP contribution in [0.1, 0.15) is 0 Å². The molecule has 0 atom stereocenters. The molecule has 0 radical (unpaired) electrons. The molecule has 1 rings (SSSR count). The van der Waals surface area contributed by atoms with Gasteiger partial charge in [0, 0.05) is 20.1 Å². The first-order valence-electron chi connectivity index (χ1n) is 5.09. The number of nitrogens with zero attached hydrogens (tertiary/aromatic N) is 2. The number of halogens is 3. The highest BCUT2D eigenvalue weighted by molar-refractivity contribution is 5.86. The highest BCUT2D eigenvalue weighted by atomic mass is 19.4. The van der Waals surface area contributed by atoms with Gasteiger partial charge in [0.15, 0.2) is 0 Å². The second kappa shape index (κ2) is 5.35. The minimum Gasteiger partial charge on any atom is -0.342 e. The fourth-order valence-electron chi connectivity index (χ4n) is 1.39. The molecule has 0 saturated carbocycles. The minimum absolute atomic E-state index is 0.0664. The third-order valence-electron chi connectivity index (χ3n) is 2.41. The highest BCUT2D eigenvalue weighted by Gasteiger charge is 2.28. The Bertz CT molecular complexity index is 306. The van der Waals surface area contributed by atoms with E-state index in [-0.39, 0.29) is 12.5 Å². The second-order valence-electron chi connectivity index (χ2n) is 3.85. The summed E-state index contributed by atoms with van der Waals surface area (Å²) in [6, 6.07) is 0. The van der Waals surface area contributed by atoms with Gasteiger partial charge in [0.25, 0.3) is 0 Å². The van der Waals surface area contributed by atoms with Gasteiger partial charge in [-0.1, -0.05) is 0 Å². The van der Waals surface area contributed by atoms with Crippen molar-refractivity contribution < 1.29 is 22.8 Å². The quantitative estimate of drug-likeness (QED) is 0.733. The molecule has 0 unspecified atom stereocenters. The van der Waals surface area contributed by atoms with Gasteiger partial charge in [-0.2, -0.15) is 13.2 Å². The minimum atomic E-state index is -4.34. The molecule has 2 amide bonds. The van der Waals surface area contributed by atoms with Gasteiger partial charge in [-0.05, 0) is 0 Å². The van der Waals surface area contributed by atoms with Crippen molar-refractivity contribution in [2.45, 2.75) is 6.18 Å². The highest BCUT2D eigenvalue weighted by Crippen LogP contribution is 2.12. The lowest BCUT2D eigenvalue weighted by molar-refractivity contribution is -0.144. The van der Waals surface area contributed by atoms with Gasteiger partial charge < -0.3 is 15.1 Å². The summed E-state index contributed by atoms with van der Waals surface area (Å²) in [6.45, 7) is -0.918. The third-order valence-corrected chi connectivity index (χ3v) is 2.41. The molecule has 5 nitrogen and oxygen atoms in total. The molecule has 0 bridgehead atoms. The molecule has 0 spiro atoms. The van der Waals surface area contributed by atoms with Crippen molar-refractivity contribution in [3.63, 3.8) is 0 Å². The topological polar surface area (TPSA) is 52.6 Å². The van der Waals surface area contributed by atoms with Gasteiger partial charge in [-0.25, -0.2) is 0 Å². The fraction of sp³-hybridized carbons (Fsp3) is 0.778. The summed E-state index contributed by atoms with van der Waals surface area (Å²) < 4.78 is 35.4. The Morgan fingerprint density at radius 1 is 1.41 bits per heavy atom. The Morgan fingerprint density at radius 2 is 2.06 bits per heavy atom. The molecule has 8 heteroatoms. The Balaban J connectivity index is 2.31. The van der Waals surface area contributed by atoms with E-state index >= 15 is 0 Å². The first kappa shape index (κ1) is 13.8. The number of alkyl halides is 3. The molecular weight excluding hydrogens is 239 g/mol. The Hall–Kier alpha value is -1.31. The zero-order valence-corrected chi connectivity index (χ0v) is 9.38. The van der Waals surface area contributed by atoms with Gasteiger partial charge in [-0.15, -0.1) is 0 Å². The summed E-state index contributed by atoms with van der Waals surface area (Å²) in [7, 11) is 1.62. The van der Waals surface area contributed by atoms with E-state index in [1.54, 1.807) is 7.05 Å². The van der Waals surface area contributed by atoms with Crippen LogP contribution in [0.2, 0.25) is 0 Å². The Labute approximate surface area is 96.5 Å². The monoisotopic (exact) mass is 253 g/mol. The maximum absolute atomic E-state index is 11.8. The third kappa shape index (κ3) is 4.59. The van der Waals surface area contributed by atoms with Crippen molar-refractivity contribution >= 4 is 11.8 Å². The maximum atomic E-state index is 11.8. The van der Waals surface area contributed by atoms with Crippen LogP contribution in [-0.2, 0) is 9.59 Å². The molecule has 1 N–H and O–H groups in total. The van der Waals surface area contributed by atoms with E-state index < -0.39 is 25.2 Å². The molecule has 1 aliphatic rings. The summed E-state index contributed by atoms with van der Waals surface area (Å²) >= 11 is 0. The lowest BCUT2D eigenvalue weighted by Gasteiger charge is -2.32. The molecule has 98 valence electrons. The van der Waals surface area contributed by atoms with Crippen molar-refractivity contribution in [1.82, 2.24) is 15.1 Å². The molecule has 1 heterocycles. The number of piperazine rings is 1. The molecule has 1 saturated heterocycles. The number of amides is 2.